The molecule has 3 atom stereocenters. The minimum atomic E-state index is -1.03. The van der Waals surface area contributed by atoms with Crippen LogP contribution in [-0.4, -0.2) is 64.9 Å². The Labute approximate surface area is 204 Å². The van der Waals surface area contributed by atoms with Gasteiger partial charge in [0.1, 0.15) is 6.61 Å². The third kappa shape index (κ3) is 5.48. The standard InChI is InChI=1S/C27H32N2O6/c1-16(2)24(12-25(31)29-13-17(26(32)33)11-18(30)14-29)28-27(34)35-15-23-21-9-5-3-7-19(21)20-8-4-6-10-22(20)23/h3-10,16-18,23-24,30H,11-15H2,1-2H3,(H,28,34)(H,32,33)/t17?,18?,24-/m1/s1. The molecule has 186 valence electrons. The number of nitrogens with one attached hydrogen (secondary N) is 1. The summed E-state index contributed by atoms with van der Waals surface area (Å²) in [7, 11) is 0. The minimum Gasteiger partial charge on any atom is -0.481 e. The minimum absolute atomic E-state index is 0.000914. The molecule has 1 aliphatic heterocycles. The topological polar surface area (TPSA) is 116 Å². The molecule has 1 fully saturated rings. The molecule has 0 radical (unpaired) electrons. The Morgan fingerprint density at radius 2 is 1.63 bits per heavy atom. The van der Waals surface area contributed by atoms with E-state index >= 15 is 0 Å². The number of carbonyl (C=O) groups excluding carboxylic acids is 2. The molecule has 1 saturated heterocycles. The second-order valence-corrected chi connectivity index (χ2v) is 9.75. The van der Waals surface area contributed by atoms with Crippen LogP contribution >= 0.6 is 0 Å². The van der Waals surface area contributed by atoms with Crippen molar-refractivity contribution in [3.8, 4) is 11.1 Å². The number of fused-ring (bicyclic) bond motifs is 3. The molecule has 2 aliphatic rings. The molecule has 8 nitrogen and oxygen atoms in total. The number of hydrogen-bond donors (Lipinski definition) is 3. The summed E-state index contributed by atoms with van der Waals surface area (Å²) in [5.74, 6) is -2.24. The molecule has 1 aliphatic carbocycles. The van der Waals surface area contributed by atoms with Gasteiger partial charge in [-0.25, -0.2) is 4.79 Å². The fourth-order valence-electron chi connectivity index (χ4n) is 5.02. The number of aliphatic carboxylic acids is 1. The van der Waals surface area contributed by atoms with Crippen molar-refractivity contribution < 1.29 is 29.3 Å². The average molecular weight is 481 g/mol. The van der Waals surface area contributed by atoms with Gasteiger partial charge in [0.2, 0.25) is 5.91 Å². The van der Waals surface area contributed by atoms with E-state index in [1.54, 1.807) is 0 Å². The Balaban J connectivity index is 1.37. The van der Waals surface area contributed by atoms with Crippen LogP contribution in [0.5, 0.6) is 0 Å². The maximum absolute atomic E-state index is 12.9. The first-order chi connectivity index (χ1) is 16.7. The van der Waals surface area contributed by atoms with Crippen molar-refractivity contribution in [2.24, 2.45) is 11.8 Å². The van der Waals surface area contributed by atoms with Crippen LogP contribution in [0, 0.1) is 11.8 Å². The number of likely N-dealkylation sites (tertiary alicyclic amines) is 1. The molecule has 0 bridgehead atoms. The number of hydrogen-bond acceptors (Lipinski definition) is 5. The van der Waals surface area contributed by atoms with E-state index in [-0.39, 0.29) is 50.3 Å². The van der Waals surface area contributed by atoms with Gasteiger partial charge in [0, 0.05) is 31.5 Å². The van der Waals surface area contributed by atoms with Crippen LogP contribution in [0.25, 0.3) is 11.1 Å². The van der Waals surface area contributed by atoms with E-state index in [0.29, 0.717) is 0 Å². The lowest BCUT2D eigenvalue weighted by molar-refractivity contribution is -0.149. The summed E-state index contributed by atoms with van der Waals surface area (Å²) >= 11 is 0. The summed E-state index contributed by atoms with van der Waals surface area (Å²) in [4.78, 5) is 38.3. The highest BCUT2D eigenvalue weighted by Crippen LogP contribution is 2.44. The highest BCUT2D eigenvalue weighted by molar-refractivity contribution is 5.80. The van der Waals surface area contributed by atoms with Crippen molar-refractivity contribution in [3.63, 3.8) is 0 Å². The number of carboxylic acid groups (broad SMARTS) is 1. The third-order valence-electron chi connectivity index (χ3n) is 6.98. The van der Waals surface area contributed by atoms with Crippen molar-refractivity contribution >= 4 is 18.0 Å². The summed E-state index contributed by atoms with van der Waals surface area (Å²) < 4.78 is 5.62. The third-order valence-corrected chi connectivity index (χ3v) is 6.98. The van der Waals surface area contributed by atoms with Gasteiger partial charge in [-0.15, -0.1) is 0 Å². The number of β-amino-alcohol motifs (C(OH)–C–C–N with tert-alkyl or cyclic N) is 1. The number of benzene rings is 2. The van der Waals surface area contributed by atoms with Crippen molar-refractivity contribution in [2.45, 2.75) is 44.8 Å². The molecule has 8 heteroatoms. The summed E-state index contributed by atoms with van der Waals surface area (Å²) in [6.45, 7) is 4.12. The molecule has 3 N–H and O–H groups in total. The molecule has 2 aromatic carbocycles. The van der Waals surface area contributed by atoms with E-state index in [2.05, 4.69) is 17.4 Å². The summed E-state index contributed by atoms with van der Waals surface area (Å²) in [5.41, 5.74) is 4.53. The summed E-state index contributed by atoms with van der Waals surface area (Å²) in [6.07, 6.45) is -1.34. The molecule has 2 amide bonds. The quantitative estimate of drug-likeness (QED) is 0.560. The molecule has 35 heavy (non-hydrogen) atoms. The second kappa shape index (κ2) is 10.5. The number of nitrogens with zero attached hydrogens (tertiary/aromatic N) is 1. The van der Waals surface area contributed by atoms with Gasteiger partial charge in [-0.1, -0.05) is 62.4 Å². The second-order valence-electron chi connectivity index (χ2n) is 9.75. The summed E-state index contributed by atoms with van der Waals surface area (Å²) in [5, 5.41) is 22.1. The lowest BCUT2D eigenvalue weighted by Crippen LogP contribution is -2.50. The number of aliphatic hydroxyl groups excluding tert-OH is 1. The Morgan fingerprint density at radius 1 is 1.03 bits per heavy atom. The highest BCUT2D eigenvalue weighted by Gasteiger charge is 2.34. The largest absolute Gasteiger partial charge is 0.481 e. The molecule has 0 saturated carbocycles. The molecule has 0 aromatic heterocycles. The Kier molecular flexibility index (Phi) is 7.40. The number of alkyl carbamates (subject to hydrolysis) is 1. The average Bonchev–Trinajstić information content (AvgIpc) is 3.15. The van der Waals surface area contributed by atoms with Crippen LogP contribution in [-0.2, 0) is 14.3 Å². The molecule has 2 unspecified atom stereocenters. The van der Waals surface area contributed by atoms with E-state index in [4.69, 9.17) is 4.74 Å². The number of carbonyl (C=O) groups is 3. The monoisotopic (exact) mass is 480 g/mol. The number of piperidine rings is 1. The molecular formula is C27H32N2O6. The zero-order valence-corrected chi connectivity index (χ0v) is 20.0. The number of amides is 2. The first-order valence-corrected chi connectivity index (χ1v) is 12.0. The van der Waals surface area contributed by atoms with Crippen LogP contribution in [0.3, 0.4) is 0 Å². The molecule has 0 spiro atoms. The van der Waals surface area contributed by atoms with E-state index in [1.807, 2.05) is 50.2 Å². The number of rotatable bonds is 7. The Bertz CT molecular complexity index is 1060. The molecule has 1 heterocycles. The number of carboxylic acids is 1. The van der Waals surface area contributed by atoms with Gasteiger partial charge in [0.05, 0.1) is 12.0 Å². The Morgan fingerprint density at radius 3 is 2.20 bits per heavy atom. The van der Waals surface area contributed by atoms with Gasteiger partial charge in [-0.3, -0.25) is 9.59 Å². The maximum atomic E-state index is 12.9. The molecule has 4 rings (SSSR count). The van der Waals surface area contributed by atoms with Gasteiger partial charge in [0.25, 0.3) is 0 Å². The highest BCUT2D eigenvalue weighted by atomic mass is 16.5. The first kappa shape index (κ1) is 24.7. The lowest BCUT2D eigenvalue weighted by Gasteiger charge is -2.35. The predicted molar refractivity (Wildman–Crippen MR) is 130 cm³/mol. The molecular weight excluding hydrogens is 448 g/mol. The van der Waals surface area contributed by atoms with Crippen LogP contribution in [0.15, 0.2) is 48.5 Å². The predicted octanol–water partition coefficient (Wildman–Crippen LogP) is 3.23. The maximum Gasteiger partial charge on any atom is 0.407 e. The van der Waals surface area contributed by atoms with Crippen LogP contribution in [0.1, 0.15) is 43.7 Å². The summed E-state index contributed by atoms with van der Waals surface area (Å²) in [6, 6.07) is 15.7. The van der Waals surface area contributed by atoms with Gasteiger partial charge in [0.15, 0.2) is 0 Å². The fourth-order valence-corrected chi connectivity index (χ4v) is 5.02. The van der Waals surface area contributed by atoms with E-state index in [1.165, 1.54) is 4.90 Å². The Hall–Kier alpha value is -3.39. The van der Waals surface area contributed by atoms with Crippen LogP contribution in [0.4, 0.5) is 4.79 Å². The van der Waals surface area contributed by atoms with Gasteiger partial charge in [-0.05, 0) is 34.6 Å². The zero-order valence-electron chi connectivity index (χ0n) is 20.0. The lowest BCUT2D eigenvalue weighted by atomic mass is 9.94. The SMILES string of the molecule is CC(C)[C@@H](CC(=O)N1CC(O)CC(C(=O)O)C1)NC(=O)OCC1c2ccccc2-c2ccccc21. The normalized spacial score (nSPS) is 20.2. The number of ether oxygens (including phenoxy) is 1. The first-order valence-electron chi connectivity index (χ1n) is 12.0. The fraction of sp³-hybridized carbons (Fsp3) is 0.444. The van der Waals surface area contributed by atoms with E-state index in [9.17, 15) is 24.6 Å². The van der Waals surface area contributed by atoms with E-state index in [0.717, 1.165) is 22.3 Å². The molecule has 2 aromatic rings. The smallest absolute Gasteiger partial charge is 0.407 e. The van der Waals surface area contributed by atoms with Crippen molar-refractivity contribution in [1.29, 1.82) is 0 Å². The van der Waals surface area contributed by atoms with E-state index < -0.39 is 30.1 Å². The van der Waals surface area contributed by atoms with Gasteiger partial charge in [-0.2, -0.15) is 0 Å². The van der Waals surface area contributed by atoms with Crippen molar-refractivity contribution in [3.05, 3.63) is 59.7 Å². The van der Waals surface area contributed by atoms with Crippen molar-refractivity contribution in [1.82, 2.24) is 10.2 Å². The zero-order chi connectivity index (χ0) is 25.1. The van der Waals surface area contributed by atoms with Crippen LogP contribution < -0.4 is 5.32 Å². The van der Waals surface area contributed by atoms with Crippen molar-refractivity contribution in [2.75, 3.05) is 19.7 Å². The van der Waals surface area contributed by atoms with Crippen LogP contribution in [0.2, 0.25) is 0 Å². The van der Waals surface area contributed by atoms with Gasteiger partial charge < -0.3 is 25.2 Å². The van der Waals surface area contributed by atoms with Gasteiger partial charge >= 0.3 is 12.1 Å². The number of aliphatic hydroxyl groups is 1.